The lowest BCUT2D eigenvalue weighted by molar-refractivity contribution is -0.147. The molecular formula is C12H12BrF2NO. The average molecular weight is 304 g/mol. The summed E-state index contributed by atoms with van der Waals surface area (Å²) >= 11 is 3.28. The minimum atomic E-state index is -2.63. The van der Waals surface area contributed by atoms with Crippen molar-refractivity contribution in [2.75, 3.05) is 0 Å². The highest BCUT2D eigenvalue weighted by atomic mass is 79.9. The van der Waals surface area contributed by atoms with E-state index in [9.17, 15) is 13.6 Å². The summed E-state index contributed by atoms with van der Waals surface area (Å²) in [5, 5.41) is 0. The number of aromatic nitrogens is 1. The van der Waals surface area contributed by atoms with Gasteiger partial charge in [0.05, 0.1) is 0 Å². The van der Waals surface area contributed by atoms with Crippen molar-refractivity contribution < 1.29 is 13.6 Å². The van der Waals surface area contributed by atoms with Gasteiger partial charge in [0.25, 0.3) is 0 Å². The lowest BCUT2D eigenvalue weighted by Gasteiger charge is -2.33. The Bertz CT molecular complexity index is 454. The monoisotopic (exact) mass is 303 g/mol. The van der Waals surface area contributed by atoms with E-state index in [-0.39, 0.29) is 25.0 Å². The van der Waals surface area contributed by atoms with Crippen molar-refractivity contribution >= 4 is 21.7 Å². The van der Waals surface area contributed by atoms with Gasteiger partial charge in [0.1, 0.15) is 5.78 Å². The zero-order valence-corrected chi connectivity index (χ0v) is 10.9. The predicted octanol–water partition coefficient (Wildman–Crippen LogP) is 3.31. The van der Waals surface area contributed by atoms with Crippen LogP contribution in [0.3, 0.4) is 0 Å². The van der Waals surface area contributed by atoms with E-state index in [1.807, 2.05) is 13.0 Å². The van der Waals surface area contributed by atoms with Gasteiger partial charge in [-0.25, -0.2) is 8.78 Å². The molecule has 0 unspecified atom stereocenters. The minimum Gasteiger partial charge on any atom is -0.299 e. The number of nitrogens with zero attached hydrogens (tertiary/aromatic N) is 1. The summed E-state index contributed by atoms with van der Waals surface area (Å²) in [7, 11) is 0. The Morgan fingerprint density at radius 3 is 2.82 bits per heavy atom. The van der Waals surface area contributed by atoms with Gasteiger partial charge in [-0.1, -0.05) is 0 Å². The van der Waals surface area contributed by atoms with Gasteiger partial charge in [-0.3, -0.25) is 9.78 Å². The molecule has 5 heteroatoms. The summed E-state index contributed by atoms with van der Waals surface area (Å²) in [5.41, 5.74) is 1.58. The van der Waals surface area contributed by atoms with Crippen molar-refractivity contribution in [3.05, 3.63) is 28.0 Å². The number of rotatable bonds is 3. The average Bonchev–Trinajstić information content (AvgIpc) is 2.20. The predicted molar refractivity (Wildman–Crippen MR) is 63.1 cm³/mol. The van der Waals surface area contributed by atoms with Crippen LogP contribution in [0.4, 0.5) is 8.78 Å². The Morgan fingerprint density at radius 1 is 1.59 bits per heavy atom. The van der Waals surface area contributed by atoms with Crippen LogP contribution < -0.4 is 0 Å². The molecule has 0 aliphatic heterocycles. The van der Waals surface area contributed by atoms with Crippen LogP contribution in [0.15, 0.2) is 16.7 Å². The van der Waals surface area contributed by atoms with Crippen LogP contribution in [-0.4, -0.2) is 16.7 Å². The molecule has 1 heterocycles. The first kappa shape index (κ1) is 12.6. The molecule has 0 saturated heterocycles. The first-order chi connectivity index (χ1) is 7.87. The number of pyridine rings is 1. The zero-order chi connectivity index (χ0) is 12.6. The molecule has 0 amide bonds. The van der Waals surface area contributed by atoms with Crippen molar-refractivity contribution in [2.45, 2.75) is 32.1 Å². The largest absolute Gasteiger partial charge is 0.299 e. The van der Waals surface area contributed by atoms with Crippen LogP contribution in [0.1, 0.15) is 24.1 Å². The lowest BCUT2D eigenvalue weighted by atomic mass is 9.77. The van der Waals surface area contributed by atoms with E-state index in [0.717, 1.165) is 15.7 Å². The van der Waals surface area contributed by atoms with Gasteiger partial charge in [-0.15, -0.1) is 0 Å². The highest BCUT2D eigenvalue weighted by Crippen LogP contribution is 2.43. The van der Waals surface area contributed by atoms with Gasteiger partial charge in [-0.2, -0.15) is 0 Å². The molecule has 1 aromatic rings. The van der Waals surface area contributed by atoms with E-state index in [1.165, 1.54) is 0 Å². The third-order valence-electron chi connectivity index (χ3n) is 3.07. The number of alkyl halides is 2. The molecule has 1 saturated carbocycles. The Labute approximate surface area is 107 Å². The van der Waals surface area contributed by atoms with Crippen molar-refractivity contribution in [2.24, 2.45) is 5.92 Å². The number of ketones is 1. The zero-order valence-electron chi connectivity index (χ0n) is 9.34. The van der Waals surface area contributed by atoms with E-state index in [4.69, 9.17) is 0 Å². The standard InChI is InChI=1S/C12H12BrF2NO/c1-7-8(2-10(13)6-16-7)3-11(17)9-4-12(14,15)5-9/h2,6,9H,3-5H2,1H3. The lowest BCUT2D eigenvalue weighted by Crippen LogP contribution is -2.40. The fraction of sp³-hybridized carbons (Fsp3) is 0.500. The van der Waals surface area contributed by atoms with E-state index in [0.29, 0.717) is 0 Å². The Kier molecular flexibility index (Phi) is 3.30. The topological polar surface area (TPSA) is 30.0 Å². The van der Waals surface area contributed by atoms with Crippen molar-refractivity contribution in [3.8, 4) is 0 Å². The molecule has 1 aliphatic rings. The van der Waals surface area contributed by atoms with Gasteiger partial charge < -0.3 is 0 Å². The first-order valence-electron chi connectivity index (χ1n) is 5.39. The van der Waals surface area contributed by atoms with Crippen LogP contribution in [-0.2, 0) is 11.2 Å². The molecular weight excluding hydrogens is 292 g/mol. The number of aryl methyl sites for hydroxylation is 1. The fourth-order valence-corrected chi connectivity index (χ4v) is 2.33. The molecule has 0 spiro atoms. The van der Waals surface area contributed by atoms with E-state index >= 15 is 0 Å². The number of hydrogen-bond acceptors (Lipinski definition) is 2. The van der Waals surface area contributed by atoms with Crippen LogP contribution in [0.25, 0.3) is 0 Å². The quantitative estimate of drug-likeness (QED) is 0.857. The molecule has 2 nitrogen and oxygen atoms in total. The molecule has 1 fully saturated rings. The maximum Gasteiger partial charge on any atom is 0.249 e. The summed E-state index contributed by atoms with van der Waals surface area (Å²) in [4.78, 5) is 15.9. The van der Waals surface area contributed by atoms with Gasteiger partial charge in [0, 0.05) is 41.5 Å². The Hall–Kier alpha value is -0.840. The number of hydrogen-bond donors (Lipinski definition) is 0. The second kappa shape index (κ2) is 4.44. The minimum absolute atomic E-state index is 0.112. The summed E-state index contributed by atoms with van der Waals surface area (Å²) in [5.74, 6) is -3.23. The molecule has 1 aliphatic carbocycles. The summed E-state index contributed by atoms with van der Waals surface area (Å²) in [6, 6.07) is 1.82. The van der Waals surface area contributed by atoms with E-state index in [1.54, 1.807) is 6.20 Å². The highest BCUT2D eigenvalue weighted by molar-refractivity contribution is 9.10. The summed E-state index contributed by atoms with van der Waals surface area (Å²) in [6.07, 6.45) is 1.25. The molecule has 0 aromatic carbocycles. The third-order valence-corrected chi connectivity index (χ3v) is 3.50. The molecule has 0 bridgehead atoms. The third kappa shape index (κ3) is 2.89. The molecule has 2 rings (SSSR count). The second-order valence-electron chi connectivity index (χ2n) is 4.50. The van der Waals surface area contributed by atoms with Crippen LogP contribution in [0.2, 0.25) is 0 Å². The van der Waals surface area contributed by atoms with Crippen molar-refractivity contribution in [1.82, 2.24) is 4.98 Å². The van der Waals surface area contributed by atoms with Gasteiger partial charge in [0.2, 0.25) is 5.92 Å². The van der Waals surface area contributed by atoms with Crippen molar-refractivity contribution in [1.29, 1.82) is 0 Å². The molecule has 0 radical (unpaired) electrons. The molecule has 1 aromatic heterocycles. The van der Waals surface area contributed by atoms with Crippen molar-refractivity contribution in [3.63, 3.8) is 0 Å². The molecule has 0 atom stereocenters. The van der Waals surface area contributed by atoms with Gasteiger partial charge in [0.15, 0.2) is 0 Å². The smallest absolute Gasteiger partial charge is 0.249 e. The fourth-order valence-electron chi connectivity index (χ4n) is 1.95. The van der Waals surface area contributed by atoms with Crippen LogP contribution in [0.5, 0.6) is 0 Å². The van der Waals surface area contributed by atoms with E-state index in [2.05, 4.69) is 20.9 Å². The number of carbonyl (C=O) groups is 1. The van der Waals surface area contributed by atoms with Gasteiger partial charge in [-0.05, 0) is 34.5 Å². The normalized spacial score (nSPS) is 18.8. The maximum absolute atomic E-state index is 12.7. The molecule has 0 N–H and O–H groups in total. The van der Waals surface area contributed by atoms with Crippen LogP contribution >= 0.6 is 15.9 Å². The number of carbonyl (C=O) groups excluding carboxylic acids is 1. The summed E-state index contributed by atoms with van der Waals surface area (Å²) in [6.45, 7) is 1.81. The highest BCUT2D eigenvalue weighted by Gasteiger charge is 2.48. The molecule has 17 heavy (non-hydrogen) atoms. The summed E-state index contributed by atoms with van der Waals surface area (Å²) < 4.78 is 26.1. The SMILES string of the molecule is Cc1ncc(Br)cc1CC(=O)C1CC(F)(F)C1. The first-order valence-corrected chi connectivity index (χ1v) is 6.18. The second-order valence-corrected chi connectivity index (χ2v) is 5.42. The van der Waals surface area contributed by atoms with Gasteiger partial charge >= 0.3 is 0 Å². The maximum atomic E-state index is 12.7. The van der Waals surface area contributed by atoms with E-state index < -0.39 is 11.8 Å². The number of halogens is 3. The van der Waals surface area contributed by atoms with Crippen LogP contribution in [0, 0.1) is 12.8 Å². The number of Topliss-reactive ketones (excluding diaryl/α,β-unsaturated/α-hetero) is 1. The Balaban J connectivity index is 2.02. The Morgan fingerprint density at radius 2 is 2.24 bits per heavy atom. The molecule has 92 valence electrons.